The summed E-state index contributed by atoms with van der Waals surface area (Å²) in [7, 11) is 0. The summed E-state index contributed by atoms with van der Waals surface area (Å²) in [6.45, 7) is 1.95. The molecule has 2 aromatic rings. The van der Waals surface area contributed by atoms with Crippen molar-refractivity contribution in [2.24, 2.45) is 10.9 Å². The normalized spacial score (nSPS) is 11.2. The van der Waals surface area contributed by atoms with E-state index in [0.29, 0.717) is 15.6 Å². The van der Waals surface area contributed by atoms with Gasteiger partial charge in [-0.05, 0) is 41.1 Å². The monoisotopic (exact) mass is 332 g/mol. The van der Waals surface area contributed by atoms with Gasteiger partial charge in [-0.1, -0.05) is 41.1 Å². The van der Waals surface area contributed by atoms with Gasteiger partial charge in [0.05, 0.1) is 5.56 Å². The maximum absolute atomic E-state index is 11.9. The molecule has 0 unspecified atom stereocenters. The van der Waals surface area contributed by atoms with E-state index in [1.165, 1.54) is 0 Å². The second-order valence-corrected chi connectivity index (χ2v) is 5.06. The van der Waals surface area contributed by atoms with Gasteiger partial charge in [-0.2, -0.15) is 0 Å². The van der Waals surface area contributed by atoms with Crippen LogP contribution in [0, 0.1) is 6.92 Å². The van der Waals surface area contributed by atoms with Crippen molar-refractivity contribution in [3.63, 3.8) is 0 Å². The molecule has 0 aromatic heterocycles. The van der Waals surface area contributed by atoms with Gasteiger partial charge >= 0.3 is 5.97 Å². The number of rotatable bonds is 3. The summed E-state index contributed by atoms with van der Waals surface area (Å²) >= 11 is 3.28. The zero-order valence-electron chi connectivity index (χ0n) is 10.8. The van der Waals surface area contributed by atoms with Crippen LogP contribution in [0.1, 0.15) is 21.5 Å². The highest BCUT2D eigenvalue weighted by atomic mass is 79.9. The summed E-state index contributed by atoms with van der Waals surface area (Å²) in [6, 6.07) is 14.4. The Morgan fingerprint density at radius 1 is 1.20 bits per heavy atom. The molecule has 0 saturated heterocycles. The van der Waals surface area contributed by atoms with Gasteiger partial charge in [0.1, 0.15) is 0 Å². The van der Waals surface area contributed by atoms with Crippen LogP contribution in [-0.2, 0) is 4.84 Å². The predicted octanol–water partition coefficient (Wildman–Crippen LogP) is 3.23. The van der Waals surface area contributed by atoms with E-state index in [9.17, 15) is 4.79 Å². The largest absolute Gasteiger partial charge is 0.380 e. The average molecular weight is 333 g/mol. The van der Waals surface area contributed by atoms with E-state index in [0.717, 1.165) is 5.56 Å². The van der Waals surface area contributed by atoms with Crippen LogP contribution in [0.15, 0.2) is 58.2 Å². The lowest BCUT2D eigenvalue weighted by Gasteiger charge is -2.03. The molecule has 2 N–H and O–H groups in total. The van der Waals surface area contributed by atoms with Crippen molar-refractivity contribution in [1.29, 1.82) is 0 Å². The first kappa shape index (κ1) is 14.3. The fraction of sp³-hybridized carbons (Fsp3) is 0.0667. The lowest BCUT2D eigenvalue weighted by Crippen LogP contribution is -2.15. The average Bonchev–Trinajstić information content (AvgIpc) is 2.45. The van der Waals surface area contributed by atoms with Gasteiger partial charge in [0.2, 0.25) is 0 Å². The van der Waals surface area contributed by atoms with E-state index in [1.807, 2.05) is 31.2 Å². The second kappa shape index (κ2) is 6.34. The molecule has 0 radical (unpaired) electrons. The van der Waals surface area contributed by atoms with Gasteiger partial charge in [-0.3, -0.25) is 0 Å². The number of carbonyl (C=O) groups is 1. The molecule has 0 atom stereocenters. The van der Waals surface area contributed by atoms with Crippen LogP contribution >= 0.6 is 15.9 Å². The summed E-state index contributed by atoms with van der Waals surface area (Å²) in [6.07, 6.45) is 0. The SMILES string of the molecule is Cc1cccc(C(N)=NOC(=O)c2ccccc2Br)c1. The van der Waals surface area contributed by atoms with Crippen molar-refractivity contribution in [2.75, 3.05) is 0 Å². The van der Waals surface area contributed by atoms with Crippen LogP contribution in [0.25, 0.3) is 0 Å². The highest BCUT2D eigenvalue weighted by molar-refractivity contribution is 9.10. The zero-order valence-corrected chi connectivity index (χ0v) is 12.4. The number of oxime groups is 1. The summed E-state index contributed by atoms with van der Waals surface area (Å²) in [4.78, 5) is 16.7. The van der Waals surface area contributed by atoms with E-state index in [2.05, 4.69) is 21.1 Å². The van der Waals surface area contributed by atoms with Crippen molar-refractivity contribution < 1.29 is 9.63 Å². The third-order valence-corrected chi connectivity index (χ3v) is 3.33. The molecule has 0 aliphatic rings. The molecule has 0 saturated carbocycles. The van der Waals surface area contributed by atoms with E-state index in [-0.39, 0.29) is 5.84 Å². The number of hydrogen-bond donors (Lipinski definition) is 1. The van der Waals surface area contributed by atoms with Crippen LogP contribution in [0.3, 0.4) is 0 Å². The predicted molar refractivity (Wildman–Crippen MR) is 81.5 cm³/mol. The number of aryl methyl sites for hydroxylation is 1. The number of nitrogens with two attached hydrogens (primary N) is 1. The Hall–Kier alpha value is -2.14. The third kappa shape index (κ3) is 3.45. The molecule has 0 aliphatic heterocycles. The Labute approximate surface area is 125 Å². The third-order valence-electron chi connectivity index (χ3n) is 2.63. The summed E-state index contributed by atoms with van der Waals surface area (Å²) in [5.74, 6) is -0.401. The molecule has 0 bridgehead atoms. The molecule has 0 fully saturated rings. The van der Waals surface area contributed by atoms with Gasteiger partial charge in [-0.15, -0.1) is 0 Å². The molecule has 0 aliphatic carbocycles. The first-order valence-corrected chi connectivity index (χ1v) is 6.73. The highest BCUT2D eigenvalue weighted by Gasteiger charge is 2.11. The number of nitrogens with zero attached hydrogens (tertiary/aromatic N) is 1. The van der Waals surface area contributed by atoms with Gasteiger partial charge in [0.25, 0.3) is 0 Å². The van der Waals surface area contributed by atoms with Gasteiger partial charge in [-0.25, -0.2) is 4.79 Å². The van der Waals surface area contributed by atoms with Gasteiger partial charge in [0.15, 0.2) is 5.84 Å². The molecule has 2 aromatic carbocycles. The van der Waals surface area contributed by atoms with Crippen molar-refractivity contribution >= 4 is 27.7 Å². The maximum Gasteiger partial charge on any atom is 0.366 e. The molecular weight excluding hydrogens is 320 g/mol. The van der Waals surface area contributed by atoms with Crippen molar-refractivity contribution in [3.05, 3.63) is 69.7 Å². The lowest BCUT2D eigenvalue weighted by atomic mass is 10.1. The van der Waals surface area contributed by atoms with E-state index in [1.54, 1.807) is 24.3 Å². The fourth-order valence-corrected chi connectivity index (χ4v) is 2.07. The quantitative estimate of drug-likeness (QED) is 0.406. The minimum Gasteiger partial charge on any atom is -0.380 e. The first-order valence-electron chi connectivity index (χ1n) is 5.94. The fourth-order valence-electron chi connectivity index (χ4n) is 1.62. The number of benzene rings is 2. The minimum absolute atomic E-state index is 0.161. The first-order chi connectivity index (χ1) is 9.58. The van der Waals surface area contributed by atoms with E-state index in [4.69, 9.17) is 10.6 Å². The van der Waals surface area contributed by atoms with Crippen LogP contribution in [-0.4, -0.2) is 11.8 Å². The smallest absolute Gasteiger partial charge is 0.366 e. The van der Waals surface area contributed by atoms with Crippen molar-refractivity contribution in [1.82, 2.24) is 0 Å². The van der Waals surface area contributed by atoms with E-state index < -0.39 is 5.97 Å². The Kier molecular flexibility index (Phi) is 4.53. The van der Waals surface area contributed by atoms with Crippen LogP contribution in [0.2, 0.25) is 0 Å². The molecule has 5 heteroatoms. The number of amidine groups is 1. The van der Waals surface area contributed by atoms with E-state index >= 15 is 0 Å². The Balaban J connectivity index is 2.13. The molecule has 20 heavy (non-hydrogen) atoms. The van der Waals surface area contributed by atoms with Crippen LogP contribution < -0.4 is 5.73 Å². The topological polar surface area (TPSA) is 64.7 Å². The van der Waals surface area contributed by atoms with Crippen molar-refractivity contribution in [3.8, 4) is 0 Å². The molecule has 2 rings (SSSR count). The second-order valence-electron chi connectivity index (χ2n) is 4.20. The Bertz CT molecular complexity index is 668. The number of carbonyl (C=O) groups excluding carboxylic acids is 1. The standard InChI is InChI=1S/C15H13BrN2O2/c1-10-5-4-6-11(9-10)14(17)18-20-15(19)12-7-2-3-8-13(12)16/h2-9H,1H3,(H2,17,18). The molecule has 0 amide bonds. The zero-order chi connectivity index (χ0) is 14.5. The van der Waals surface area contributed by atoms with Gasteiger partial charge < -0.3 is 10.6 Å². The van der Waals surface area contributed by atoms with Crippen LogP contribution in [0.4, 0.5) is 0 Å². The highest BCUT2D eigenvalue weighted by Crippen LogP contribution is 2.16. The van der Waals surface area contributed by atoms with Crippen LogP contribution in [0.5, 0.6) is 0 Å². The lowest BCUT2D eigenvalue weighted by molar-refractivity contribution is 0.0515. The molecule has 4 nitrogen and oxygen atoms in total. The summed E-state index contributed by atoms with van der Waals surface area (Å²) < 4.78 is 0.648. The molecular formula is C15H13BrN2O2. The summed E-state index contributed by atoms with van der Waals surface area (Å²) in [5.41, 5.74) is 7.95. The number of hydrogen-bond acceptors (Lipinski definition) is 3. The molecule has 102 valence electrons. The molecule has 0 heterocycles. The Morgan fingerprint density at radius 2 is 1.95 bits per heavy atom. The number of halogens is 1. The van der Waals surface area contributed by atoms with Crippen molar-refractivity contribution in [2.45, 2.75) is 6.92 Å². The van der Waals surface area contributed by atoms with Gasteiger partial charge in [0, 0.05) is 10.0 Å². The Morgan fingerprint density at radius 3 is 2.65 bits per heavy atom. The maximum atomic E-state index is 11.9. The summed E-state index contributed by atoms with van der Waals surface area (Å²) in [5, 5.41) is 3.68. The minimum atomic E-state index is -0.562. The molecule has 0 spiro atoms.